The van der Waals surface area contributed by atoms with Crippen LogP contribution in [0, 0.1) is 0 Å². The van der Waals surface area contributed by atoms with Crippen molar-refractivity contribution < 1.29 is 0 Å². The first kappa shape index (κ1) is 33.3. The van der Waals surface area contributed by atoms with Crippen LogP contribution in [-0.2, 0) is 0 Å². The molecule has 2 fully saturated rings. The Hall–Kier alpha value is -4.58. The van der Waals surface area contributed by atoms with Crippen LogP contribution in [0.1, 0.15) is 59.3 Å². The quantitative estimate of drug-likeness (QED) is 0.145. The van der Waals surface area contributed by atoms with E-state index in [4.69, 9.17) is 46.4 Å². The number of benzene rings is 4. The van der Waals surface area contributed by atoms with Crippen LogP contribution in [0.15, 0.2) is 133 Å². The lowest BCUT2D eigenvalue weighted by Crippen LogP contribution is -2.31. The fourth-order valence-electron chi connectivity index (χ4n) is 8.08. The number of aromatic nitrogens is 2. The van der Waals surface area contributed by atoms with E-state index < -0.39 is 0 Å². The van der Waals surface area contributed by atoms with E-state index in [9.17, 15) is 0 Å². The third-order valence-electron chi connectivity index (χ3n) is 10.4. The van der Waals surface area contributed by atoms with E-state index in [-0.39, 0.29) is 12.1 Å². The molecule has 0 saturated carbocycles. The highest BCUT2D eigenvalue weighted by Gasteiger charge is 2.31. The minimum Gasteiger partial charge on any atom is -0.381 e. The molecule has 0 spiro atoms. The maximum Gasteiger partial charge on any atom is 0.0541 e. The van der Waals surface area contributed by atoms with E-state index in [1.807, 2.05) is 48.5 Å². The molecule has 3 aliphatic rings. The molecule has 52 heavy (non-hydrogen) atoms. The molecule has 0 amide bonds. The Bertz CT molecular complexity index is 2320. The Morgan fingerprint density at radius 3 is 1.10 bits per heavy atom. The zero-order valence-corrected chi connectivity index (χ0v) is 31.1. The largest absolute Gasteiger partial charge is 0.381 e. The predicted octanol–water partition coefficient (Wildman–Crippen LogP) is 10.1. The molecule has 2 saturated heterocycles. The summed E-state index contributed by atoms with van der Waals surface area (Å²) in [7, 11) is 0. The normalized spacial score (nSPS) is 23.4. The van der Waals surface area contributed by atoms with Gasteiger partial charge in [0.2, 0.25) is 0 Å². The molecule has 4 N–H and O–H groups in total. The number of hydrogen-bond donors (Lipinski definition) is 4. The van der Waals surface area contributed by atoms with Gasteiger partial charge in [0.15, 0.2) is 0 Å². The van der Waals surface area contributed by atoms with Gasteiger partial charge >= 0.3 is 0 Å². The monoisotopic (exact) mass is 758 g/mol. The summed E-state index contributed by atoms with van der Waals surface area (Å²) >= 11 is 25.6. The average Bonchev–Trinajstić information content (AvgIpc) is 3.99. The van der Waals surface area contributed by atoms with Gasteiger partial charge in [-0.2, -0.15) is 0 Å². The fraction of sp³-hybridized carbons (Fsp3) is 0.136. The SMILES string of the molecule is Clc1ccc(/C2=C3\CCC(N3)/C(c3ccc(Cl)cc3)=c3/cc/c([nH]3)=C(/c3ccc(Cl)cc3)C3CC/C(=C(\c4ccc(Cl)cc4)c4ccc2[nH]4)N3)cc1. The first-order valence-electron chi connectivity index (χ1n) is 17.5. The highest BCUT2D eigenvalue weighted by Crippen LogP contribution is 2.39. The van der Waals surface area contributed by atoms with Gasteiger partial charge in [0.1, 0.15) is 0 Å². The number of aromatic amines is 2. The van der Waals surface area contributed by atoms with Crippen molar-refractivity contribution in [3.8, 4) is 0 Å². The summed E-state index contributed by atoms with van der Waals surface area (Å²) < 4.78 is 0. The molecular weight excluding hydrogens is 726 g/mol. The topological polar surface area (TPSA) is 55.6 Å². The van der Waals surface area contributed by atoms with Crippen molar-refractivity contribution in [3.05, 3.63) is 197 Å². The van der Waals surface area contributed by atoms with Gasteiger partial charge in [-0.15, -0.1) is 0 Å². The van der Waals surface area contributed by atoms with E-state index in [2.05, 4.69) is 93.4 Å². The van der Waals surface area contributed by atoms with Gasteiger partial charge in [-0.3, -0.25) is 0 Å². The molecule has 5 heterocycles. The molecule has 8 heteroatoms. The second-order valence-corrected chi connectivity index (χ2v) is 15.4. The van der Waals surface area contributed by atoms with Crippen molar-refractivity contribution in [3.63, 3.8) is 0 Å². The van der Waals surface area contributed by atoms with Gasteiger partial charge in [0.25, 0.3) is 0 Å². The summed E-state index contributed by atoms with van der Waals surface area (Å²) in [4.78, 5) is 7.77. The van der Waals surface area contributed by atoms with Crippen LogP contribution in [-0.4, -0.2) is 22.1 Å². The molecule has 0 radical (unpaired) electrons. The van der Waals surface area contributed by atoms with Crippen molar-refractivity contribution in [2.45, 2.75) is 37.8 Å². The Morgan fingerprint density at radius 2 is 0.731 bits per heavy atom. The number of fused-ring (bicyclic) bond motifs is 8. The van der Waals surface area contributed by atoms with Crippen molar-refractivity contribution >= 4 is 68.7 Å². The summed E-state index contributed by atoms with van der Waals surface area (Å²) in [6, 6.07) is 41.6. The van der Waals surface area contributed by atoms with E-state index in [1.165, 1.54) is 22.5 Å². The van der Waals surface area contributed by atoms with Crippen molar-refractivity contribution in [2.24, 2.45) is 0 Å². The number of hydrogen-bond acceptors (Lipinski definition) is 2. The highest BCUT2D eigenvalue weighted by molar-refractivity contribution is 6.31. The number of H-pyrrole nitrogens is 2. The zero-order chi connectivity index (χ0) is 35.3. The molecule has 9 rings (SSSR count). The maximum absolute atomic E-state index is 6.41. The van der Waals surface area contributed by atoms with Crippen LogP contribution < -0.4 is 21.3 Å². The van der Waals surface area contributed by atoms with Gasteiger partial charge in [0, 0.05) is 75.9 Å². The Morgan fingerprint density at radius 1 is 0.385 bits per heavy atom. The second kappa shape index (κ2) is 13.8. The zero-order valence-electron chi connectivity index (χ0n) is 28.0. The molecule has 6 aromatic rings. The van der Waals surface area contributed by atoms with Crippen LogP contribution in [0.3, 0.4) is 0 Å². The molecule has 2 aromatic heterocycles. The van der Waals surface area contributed by atoms with Gasteiger partial charge in [-0.1, -0.05) is 94.9 Å². The van der Waals surface area contributed by atoms with Crippen LogP contribution in [0.25, 0.3) is 22.3 Å². The number of nitrogens with one attached hydrogen (secondary N) is 4. The Balaban J connectivity index is 1.34. The second-order valence-electron chi connectivity index (χ2n) is 13.6. The summed E-state index contributed by atoms with van der Waals surface area (Å²) in [6.45, 7) is 0. The minimum absolute atomic E-state index is 0.0482. The van der Waals surface area contributed by atoms with E-state index in [1.54, 1.807) is 0 Å². The fourth-order valence-corrected chi connectivity index (χ4v) is 8.58. The minimum atomic E-state index is 0.0482. The van der Waals surface area contributed by atoms with Crippen molar-refractivity contribution in [1.29, 1.82) is 0 Å². The number of rotatable bonds is 4. The summed E-state index contributed by atoms with van der Waals surface area (Å²) in [6.07, 6.45) is 3.59. The van der Waals surface area contributed by atoms with Gasteiger partial charge in [0.05, 0.1) is 12.1 Å². The Kier molecular flexibility index (Phi) is 8.80. The van der Waals surface area contributed by atoms with Crippen molar-refractivity contribution in [1.82, 2.24) is 20.6 Å². The van der Waals surface area contributed by atoms with Gasteiger partial charge in [-0.05, 0) is 121 Å². The van der Waals surface area contributed by atoms with Crippen LogP contribution in [0.5, 0.6) is 0 Å². The summed E-state index contributed by atoms with van der Waals surface area (Å²) in [5.41, 5.74) is 13.6. The number of halogens is 4. The van der Waals surface area contributed by atoms with Crippen LogP contribution in [0.4, 0.5) is 0 Å². The molecule has 2 unspecified atom stereocenters. The molecule has 0 aliphatic carbocycles. The standard InChI is InChI=1S/C44H34Cl4N4/c45-29-9-1-25(2-10-29)41-33-17-19-35(49-33)42(26-3-11-30(46)12-4-26)37-21-23-39(51-37)44(28-7-15-32(48)16-8-28)40-24-22-38(52-40)43(36-20-18-34(41)50-36)27-5-13-31(47)14-6-27/h1-17,19,22,24,34,37,49-52H,18,20-21,23H2/b41-33-,42-35+,43-36-,44-39-. The summed E-state index contributed by atoms with van der Waals surface area (Å²) in [5, 5.41) is 13.0. The first-order chi connectivity index (χ1) is 25.4. The van der Waals surface area contributed by atoms with Crippen molar-refractivity contribution in [2.75, 3.05) is 0 Å². The maximum atomic E-state index is 6.41. The lowest BCUT2D eigenvalue weighted by Gasteiger charge is -2.20. The lowest BCUT2D eigenvalue weighted by molar-refractivity contribution is 0.756. The third-order valence-corrected chi connectivity index (χ3v) is 11.4. The highest BCUT2D eigenvalue weighted by atomic mass is 35.5. The smallest absolute Gasteiger partial charge is 0.0541 e. The average molecular weight is 761 g/mol. The van der Waals surface area contributed by atoms with Crippen LogP contribution >= 0.6 is 46.4 Å². The molecule has 4 aromatic carbocycles. The van der Waals surface area contributed by atoms with E-state index in [0.717, 1.165) is 81.2 Å². The molecule has 3 aliphatic heterocycles. The lowest BCUT2D eigenvalue weighted by atomic mass is 9.96. The number of allylic oxidation sites excluding steroid dienone is 2. The Labute approximate surface area is 322 Å². The van der Waals surface area contributed by atoms with Gasteiger partial charge < -0.3 is 20.6 Å². The summed E-state index contributed by atoms with van der Waals surface area (Å²) in [5.74, 6) is 0. The first-order valence-corrected chi connectivity index (χ1v) is 19.1. The molecule has 258 valence electrons. The van der Waals surface area contributed by atoms with Gasteiger partial charge in [-0.25, -0.2) is 0 Å². The van der Waals surface area contributed by atoms with E-state index in [0.29, 0.717) is 20.1 Å². The molecular formula is C44H34Cl4N4. The third kappa shape index (κ3) is 6.28. The van der Waals surface area contributed by atoms with E-state index >= 15 is 0 Å². The molecule has 8 bridgehead atoms. The molecule has 4 nitrogen and oxygen atoms in total. The predicted molar refractivity (Wildman–Crippen MR) is 216 cm³/mol. The molecule has 2 atom stereocenters. The van der Waals surface area contributed by atoms with Crippen LogP contribution in [0.2, 0.25) is 20.1 Å².